The van der Waals surface area contributed by atoms with Crippen molar-refractivity contribution in [3.8, 4) is 0 Å². The van der Waals surface area contributed by atoms with Crippen LogP contribution in [0.3, 0.4) is 0 Å². The lowest BCUT2D eigenvalue weighted by atomic mass is 10.2. The van der Waals surface area contributed by atoms with Gasteiger partial charge in [0.05, 0.1) is 11.6 Å². The Balaban J connectivity index is 1.84. The van der Waals surface area contributed by atoms with Crippen LogP contribution in [0.5, 0.6) is 0 Å². The summed E-state index contributed by atoms with van der Waals surface area (Å²) in [4.78, 5) is 15.2. The van der Waals surface area contributed by atoms with Gasteiger partial charge in [0.15, 0.2) is 0 Å². The molecular weight excluding hydrogens is 351 g/mol. The molecule has 0 aliphatic heterocycles. The first-order chi connectivity index (χ1) is 10.4. The van der Waals surface area contributed by atoms with Gasteiger partial charge < -0.3 is 14.7 Å². The van der Waals surface area contributed by atoms with Gasteiger partial charge in [0.1, 0.15) is 23.0 Å². The van der Waals surface area contributed by atoms with Gasteiger partial charge in [-0.3, -0.25) is 4.79 Å². The molecule has 2 N–H and O–H groups in total. The van der Waals surface area contributed by atoms with Crippen molar-refractivity contribution >= 4 is 32.7 Å². The fourth-order valence-corrected chi connectivity index (χ4v) is 2.74. The molecule has 6 heteroatoms. The normalized spacial score (nSPS) is 12.5. The molecule has 114 valence electrons. The molecule has 0 saturated carbocycles. The van der Waals surface area contributed by atoms with Gasteiger partial charge in [-0.1, -0.05) is 15.9 Å². The molecule has 1 amide bonds. The van der Waals surface area contributed by atoms with Gasteiger partial charge in [0.2, 0.25) is 0 Å². The molecule has 22 heavy (non-hydrogen) atoms. The SMILES string of the molecule is Cc1ccc([C@H](C)NC(=O)c2cc3c(F)cc(Br)cc3[nH]2)o1. The number of halogens is 2. The summed E-state index contributed by atoms with van der Waals surface area (Å²) in [6, 6.07) is 7.99. The molecule has 1 atom stereocenters. The quantitative estimate of drug-likeness (QED) is 0.720. The molecular formula is C16H14BrFN2O2. The zero-order chi connectivity index (χ0) is 15.9. The van der Waals surface area contributed by atoms with E-state index in [4.69, 9.17) is 4.42 Å². The van der Waals surface area contributed by atoms with Crippen molar-refractivity contribution in [3.63, 3.8) is 0 Å². The molecule has 3 rings (SSSR count). The molecule has 2 heterocycles. The van der Waals surface area contributed by atoms with E-state index in [1.54, 1.807) is 6.07 Å². The Morgan fingerprint density at radius 1 is 1.36 bits per heavy atom. The van der Waals surface area contributed by atoms with E-state index < -0.39 is 0 Å². The number of aromatic nitrogens is 1. The van der Waals surface area contributed by atoms with E-state index in [-0.39, 0.29) is 17.8 Å². The molecule has 3 aromatic rings. The van der Waals surface area contributed by atoms with E-state index in [0.717, 1.165) is 5.76 Å². The minimum Gasteiger partial charge on any atom is -0.464 e. The Bertz CT molecular complexity index is 853. The number of amides is 1. The molecule has 4 nitrogen and oxygen atoms in total. The van der Waals surface area contributed by atoms with Crippen LogP contribution in [0.25, 0.3) is 10.9 Å². The summed E-state index contributed by atoms with van der Waals surface area (Å²) in [6.07, 6.45) is 0. The first-order valence-electron chi connectivity index (χ1n) is 6.79. The molecule has 0 unspecified atom stereocenters. The summed E-state index contributed by atoms with van der Waals surface area (Å²) in [7, 11) is 0. The molecule has 2 aromatic heterocycles. The highest BCUT2D eigenvalue weighted by molar-refractivity contribution is 9.10. The number of aryl methyl sites for hydroxylation is 1. The van der Waals surface area contributed by atoms with E-state index in [1.807, 2.05) is 26.0 Å². The van der Waals surface area contributed by atoms with Crippen molar-refractivity contribution in [2.24, 2.45) is 0 Å². The van der Waals surface area contributed by atoms with Crippen molar-refractivity contribution < 1.29 is 13.6 Å². The van der Waals surface area contributed by atoms with Crippen molar-refractivity contribution in [2.75, 3.05) is 0 Å². The molecule has 0 spiro atoms. The number of H-pyrrole nitrogens is 1. The lowest BCUT2D eigenvalue weighted by Gasteiger charge is -2.10. The van der Waals surface area contributed by atoms with Crippen molar-refractivity contribution in [1.82, 2.24) is 10.3 Å². The predicted molar refractivity (Wildman–Crippen MR) is 85.3 cm³/mol. The largest absolute Gasteiger partial charge is 0.464 e. The van der Waals surface area contributed by atoms with Gasteiger partial charge in [-0.05, 0) is 44.2 Å². The van der Waals surface area contributed by atoms with Gasteiger partial charge in [0.25, 0.3) is 5.91 Å². The van der Waals surface area contributed by atoms with Crippen LogP contribution in [0.2, 0.25) is 0 Å². The van der Waals surface area contributed by atoms with E-state index >= 15 is 0 Å². The molecule has 0 fully saturated rings. The second-order valence-corrected chi connectivity index (χ2v) is 6.09. The van der Waals surface area contributed by atoms with Crippen LogP contribution in [0.1, 0.15) is 35.0 Å². The first-order valence-corrected chi connectivity index (χ1v) is 7.58. The number of rotatable bonds is 3. The maximum absolute atomic E-state index is 13.9. The lowest BCUT2D eigenvalue weighted by molar-refractivity contribution is 0.0931. The highest BCUT2D eigenvalue weighted by Gasteiger charge is 2.17. The zero-order valence-electron chi connectivity index (χ0n) is 12.0. The van der Waals surface area contributed by atoms with Crippen LogP contribution < -0.4 is 5.32 Å². The minimum atomic E-state index is -0.380. The molecule has 1 aromatic carbocycles. The second kappa shape index (κ2) is 5.61. The number of benzene rings is 1. The van der Waals surface area contributed by atoms with Gasteiger partial charge in [-0.2, -0.15) is 0 Å². The van der Waals surface area contributed by atoms with E-state index in [1.165, 1.54) is 12.1 Å². The molecule has 0 aliphatic carbocycles. The number of furan rings is 1. The number of aromatic amines is 1. The van der Waals surface area contributed by atoms with Crippen molar-refractivity contribution in [3.05, 3.63) is 57.8 Å². The predicted octanol–water partition coefficient (Wildman–Crippen LogP) is 4.46. The summed E-state index contributed by atoms with van der Waals surface area (Å²) in [5.74, 6) is 0.771. The summed E-state index contributed by atoms with van der Waals surface area (Å²) >= 11 is 3.23. The molecule has 0 radical (unpaired) electrons. The smallest absolute Gasteiger partial charge is 0.268 e. The van der Waals surface area contributed by atoms with Gasteiger partial charge in [-0.15, -0.1) is 0 Å². The topological polar surface area (TPSA) is 58.0 Å². The fraction of sp³-hybridized carbons (Fsp3) is 0.188. The van der Waals surface area contributed by atoms with Gasteiger partial charge >= 0.3 is 0 Å². The van der Waals surface area contributed by atoms with E-state index in [9.17, 15) is 9.18 Å². The highest BCUT2D eigenvalue weighted by atomic mass is 79.9. The van der Waals surface area contributed by atoms with Crippen molar-refractivity contribution in [2.45, 2.75) is 19.9 Å². The van der Waals surface area contributed by atoms with E-state index in [2.05, 4.69) is 26.2 Å². The third-order valence-electron chi connectivity index (χ3n) is 3.43. The number of fused-ring (bicyclic) bond motifs is 1. The van der Waals surface area contributed by atoms with Crippen molar-refractivity contribution in [1.29, 1.82) is 0 Å². The number of hydrogen-bond acceptors (Lipinski definition) is 2. The Morgan fingerprint density at radius 2 is 2.14 bits per heavy atom. The third-order valence-corrected chi connectivity index (χ3v) is 3.89. The monoisotopic (exact) mass is 364 g/mol. The maximum Gasteiger partial charge on any atom is 0.268 e. The summed E-state index contributed by atoms with van der Waals surface area (Å²) in [6.45, 7) is 3.67. The Labute approximate surface area is 134 Å². The van der Waals surface area contributed by atoms with Gasteiger partial charge in [-0.25, -0.2) is 4.39 Å². The summed E-state index contributed by atoms with van der Waals surface area (Å²) in [5, 5.41) is 3.21. The number of nitrogens with one attached hydrogen (secondary N) is 2. The van der Waals surface area contributed by atoms with Crippen LogP contribution in [0.15, 0.2) is 39.2 Å². The van der Waals surface area contributed by atoms with E-state index in [0.29, 0.717) is 26.8 Å². The maximum atomic E-state index is 13.9. The van der Waals surface area contributed by atoms with Gasteiger partial charge in [0, 0.05) is 9.86 Å². The standard InChI is InChI=1S/C16H14BrFN2O2/c1-8-3-4-15(22-8)9(2)19-16(21)14-7-11-12(18)5-10(17)6-13(11)20-14/h3-7,9,20H,1-2H3,(H,19,21)/t9-/m0/s1. The molecule has 0 saturated heterocycles. The summed E-state index contributed by atoms with van der Waals surface area (Å²) < 4.78 is 20.0. The highest BCUT2D eigenvalue weighted by Crippen LogP contribution is 2.24. The number of hydrogen-bond donors (Lipinski definition) is 2. The zero-order valence-corrected chi connectivity index (χ0v) is 13.6. The van der Waals surface area contributed by atoms with Crippen LogP contribution in [-0.2, 0) is 0 Å². The molecule has 0 aliphatic rings. The Kier molecular flexibility index (Phi) is 3.78. The first kappa shape index (κ1) is 14.8. The number of carbonyl (C=O) groups excluding carboxylic acids is 1. The average Bonchev–Trinajstić information content (AvgIpc) is 3.04. The fourth-order valence-electron chi connectivity index (χ4n) is 2.31. The Morgan fingerprint density at radius 3 is 2.82 bits per heavy atom. The van der Waals surface area contributed by atoms with Crippen LogP contribution in [0, 0.1) is 12.7 Å². The second-order valence-electron chi connectivity index (χ2n) is 5.18. The minimum absolute atomic E-state index is 0.274. The third kappa shape index (κ3) is 2.78. The van der Waals surface area contributed by atoms with Crippen LogP contribution in [-0.4, -0.2) is 10.9 Å². The average molecular weight is 365 g/mol. The lowest BCUT2D eigenvalue weighted by Crippen LogP contribution is -2.26. The Hall–Kier alpha value is -2.08. The molecule has 0 bridgehead atoms. The van der Waals surface area contributed by atoms with Crippen LogP contribution in [0.4, 0.5) is 4.39 Å². The number of carbonyl (C=O) groups is 1. The van der Waals surface area contributed by atoms with Crippen LogP contribution >= 0.6 is 15.9 Å². The summed E-state index contributed by atoms with van der Waals surface area (Å²) in [5.41, 5.74) is 0.876.